The van der Waals surface area contributed by atoms with Crippen molar-refractivity contribution in [3.63, 3.8) is 0 Å². The van der Waals surface area contributed by atoms with Crippen molar-refractivity contribution in [2.45, 2.75) is 45.3 Å². The molecule has 1 aliphatic heterocycles. The zero-order valence-corrected chi connectivity index (χ0v) is 17.8. The minimum atomic E-state index is -0.310. The second-order valence-corrected chi connectivity index (χ2v) is 7.92. The van der Waals surface area contributed by atoms with Crippen molar-refractivity contribution in [2.24, 2.45) is 0 Å². The van der Waals surface area contributed by atoms with Gasteiger partial charge in [-0.3, -0.25) is 9.59 Å². The minimum absolute atomic E-state index is 0.0384. The van der Waals surface area contributed by atoms with Crippen LogP contribution in [0.3, 0.4) is 0 Å². The van der Waals surface area contributed by atoms with E-state index in [1.807, 2.05) is 60.0 Å². The summed E-state index contributed by atoms with van der Waals surface area (Å²) in [5, 5.41) is 5.91. The van der Waals surface area contributed by atoms with Gasteiger partial charge in [-0.15, -0.1) is 0 Å². The SMILES string of the molecule is Cc1cccc(NC(=O)Cn2c(CCCNC(=O)C3CCCO3)nc3ccccc32)c1. The molecule has 2 heterocycles. The monoisotopic (exact) mass is 420 g/mol. The Morgan fingerprint density at radius 2 is 2.06 bits per heavy atom. The Hall–Kier alpha value is -3.19. The highest BCUT2D eigenvalue weighted by atomic mass is 16.5. The molecular weight excluding hydrogens is 392 g/mol. The summed E-state index contributed by atoms with van der Waals surface area (Å²) in [6.45, 7) is 3.39. The van der Waals surface area contributed by atoms with Crippen LogP contribution in [0.15, 0.2) is 48.5 Å². The second-order valence-electron chi connectivity index (χ2n) is 7.92. The van der Waals surface area contributed by atoms with E-state index in [1.54, 1.807) is 0 Å². The van der Waals surface area contributed by atoms with Gasteiger partial charge in [0.15, 0.2) is 0 Å². The number of aryl methyl sites for hydroxylation is 2. The van der Waals surface area contributed by atoms with E-state index in [2.05, 4.69) is 10.6 Å². The standard InChI is InChI=1S/C24H28N4O3/c1-17-7-4-8-18(15-17)26-23(29)16-28-20-10-3-2-9-19(20)27-22(28)12-5-13-25-24(30)21-11-6-14-31-21/h2-4,7-10,15,21H,5-6,11-14,16H2,1H3,(H,25,30)(H,26,29). The number of hydrogen-bond acceptors (Lipinski definition) is 4. The smallest absolute Gasteiger partial charge is 0.249 e. The van der Waals surface area contributed by atoms with E-state index in [0.717, 1.165) is 47.4 Å². The molecule has 2 aromatic carbocycles. The highest BCUT2D eigenvalue weighted by molar-refractivity contribution is 5.91. The summed E-state index contributed by atoms with van der Waals surface area (Å²) < 4.78 is 7.38. The van der Waals surface area contributed by atoms with Gasteiger partial charge >= 0.3 is 0 Å². The van der Waals surface area contributed by atoms with Crippen LogP contribution in [-0.4, -0.2) is 40.6 Å². The lowest BCUT2D eigenvalue weighted by atomic mass is 10.2. The van der Waals surface area contributed by atoms with Crippen molar-refractivity contribution >= 4 is 28.5 Å². The summed E-state index contributed by atoms with van der Waals surface area (Å²) in [6, 6.07) is 15.6. The number of nitrogens with one attached hydrogen (secondary N) is 2. The van der Waals surface area contributed by atoms with Gasteiger partial charge in [0, 0.05) is 25.3 Å². The van der Waals surface area contributed by atoms with E-state index in [1.165, 1.54) is 0 Å². The number of nitrogens with zero attached hydrogens (tertiary/aromatic N) is 2. The van der Waals surface area contributed by atoms with Crippen molar-refractivity contribution in [3.05, 3.63) is 59.9 Å². The highest BCUT2D eigenvalue weighted by Gasteiger charge is 2.23. The molecule has 162 valence electrons. The summed E-state index contributed by atoms with van der Waals surface area (Å²) >= 11 is 0. The van der Waals surface area contributed by atoms with Crippen LogP contribution < -0.4 is 10.6 Å². The van der Waals surface area contributed by atoms with Crippen LogP contribution in [0.5, 0.6) is 0 Å². The number of ether oxygens (including phenoxy) is 1. The van der Waals surface area contributed by atoms with Crippen molar-refractivity contribution in [2.75, 3.05) is 18.5 Å². The third kappa shape index (κ3) is 5.30. The lowest BCUT2D eigenvalue weighted by Gasteiger charge is -2.12. The number of carbonyl (C=O) groups excluding carboxylic acids is 2. The van der Waals surface area contributed by atoms with Crippen LogP contribution in [0.2, 0.25) is 0 Å². The molecule has 0 saturated carbocycles. The number of amides is 2. The molecule has 1 atom stereocenters. The lowest BCUT2D eigenvalue weighted by molar-refractivity contribution is -0.130. The number of para-hydroxylation sites is 2. The van der Waals surface area contributed by atoms with Gasteiger partial charge in [0.25, 0.3) is 0 Å². The molecule has 2 N–H and O–H groups in total. The predicted octanol–water partition coefficient (Wildman–Crippen LogP) is 3.21. The number of imidazole rings is 1. The van der Waals surface area contributed by atoms with Crippen molar-refractivity contribution in [1.29, 1.82) is 0 Å². The summed E-state index contributed by atoms with van der Waals surface area (Å²) in [4.78, 5) is 29.5. The van der Waals surface area contributed by atoms with E-state index < -0.39 is 0 Å². The fourth-order valence-electron chi connectivity index (χ4n) is 3.92. The topological polar surface area (TPSA) is 85.2 Å². The van der Waals surface area contributed by atoms with Crippen molar-refractivity contribution in [3.8, 4) is 0 Å². The Labute approximate surface area is 181 Å². The third-order valence-corrected chi connectivity index (χ3v) is 5.44. The van der Waals surface area contributed by atoms with E-state index >= 15 is 0 Å². The molecule has 0 spiro atoms. The van der Waals surface area contributed by atoms with Crippen LogP contribution in [-0.2, 0) is 27.3 Å². The molecule has 0 aliphatic carbocycles. The van der Waals surface area contributed by atoms with Gasteiger partial charge in [-0.1, -0.05) is 24.3 Å². The Kier molecular flexibility index (Phi) is 6.62. The molecule has 4 rings (SSSR count). The zero-order chi connectivity index (χ0) is 21.6. The summed E-state index contributed by atoms with van der Waals surface area (Å²) in [5.41, 5.74) is 3.67. The first-order chi connectivity index (χ1) is 15.1. The Morgan fingerprint density at radius 3 is 2.87 bits per heavy atom. The largest absolute Gasteiger partial charge is 0.368 e. The van der Waals surface area contributed by atoms with E-state index in [9.17, 15) is 9.59 Å². The zero-order valence-electron chi connectivity index (χ0n) is 17.8. The number of anilines is 1. The maximum absolute atomic E-state index is 12.7. The van der Waals surface area contributed by atoms with E-state index in [-0.39, 0.29) is 24.5 Å². The molecule has 31 heavy (non-hydrogen) atoms. The van der Waals surface area contributed by atoms with Gasteiger partial charge in [0.05, 0.1) is 11.0 Å². The molecule has 1 aromatic heterocycles. The van der Waals surface area contributed by atoms with Gasteiger partial charge in [-0.2, -0.15) is 0 Å². The first kappa shape index (κ1) is 21.1. The van der Waals surface area contributed by atoms with Crippen LogP contribution in [0, 0.1) is 6.92 Å². The molecule has 1 unspecified atom stereocenters. The maximum Gasteiger partial charge on any atom is 0.249 e. The van der Waals surface area contributed by atoms with E-state index in [4.69, 9.17) is 9.72 Å². The quantitative estimate of drug-likeness (QED) is 0.548. The average molecular weight is 421 g/mol. The Morgan fingerprint density at radius 1 is 1.19 bits per heavy atom. The molecule has 7 heteroatoms. The fraction of sp³-hybridized carbons (Fsp3) is 0.375. The van der Waals surface area contributed by atoms with Crippen LogP contribution in [0.4, 0.5) is 5.69 Å². The number of carbonyl (C=O) groups is 2. The van der Waals surface area contributed by atoms with Crippen molar-refractivity contribution in [1.82, 2.24) is 14.9 Å². The fourth-order valence-corrected chi connectivity index (χ4v) is 3.92. The normalized spacial score (nSPS) is 15.8. The molecule has 0 radical (unpaired) electrons. The highest BCUT2D eigenvalue weighted by Crippen LogP contribution is 2.18. The van der Waals surface area contributed by atoms with Crippen LogP contribution in [0.25, 0.3) is 11.0 Å². The minimum Gasteiger partial charge on any atom is -0.368 e. The Bertz CT molecular complexity index is 1070. The van der Waals surface area contributed by atoms with Crippen molar-refractivity contribution < 1.29 is 14.3 Å². The van der Waals surface area contributed by atoms with Crippen LogP contribution >= 0.6 is 0 Å². The molecule has 1 aliphatic rings. The van der Waals surface area contributed by atoms with Gasteiger partial charge in [0.1, 0.15) is 18.5 Å². The molecule has 1 fully saturated rings. The molecule has 0 bridgehead atoms. The van der Waals surface area contributed by atoms with Gasteiger partial charge in [0.2, 0.25) is 11.8 Å². The average Bonchev–Trinajstić information content (AvgIpc) is 3.40. The Balaban J connectivity index is 1.40. The van der Waals surface area contributed by atoms with Crippen LogP contribution in [0.1, 0.15) is 30.7 Å². The number of fused-ring (bicyclic) bond motifs is 1. The number of aromatic nitrogens is 2. The second kappa shape index (κ2) is 9.75. The number of benzene rings is 2. The van der Waals surface area contributed by atoms with Gasteiger partial charge < -0.3 is 19.9 Å². The number of hydrogen-bond donors (Lipinski definition) is 2. The molecule has 7 nitrogen and oxygen atoms in total. The first-order valence-electron chi connectivity index (χ1n) is 10.8. The summed E-state index contributed by atoms with van der Waals surface area (Å²) in [5.74, 6) is 0.706. The first-order valence-corrected chi connectivity index (χ1v) is 10.8. The summed E-state index contributed by atoms with van der Waals surface area (Å²) in [6.07, 6.45) is 2.82. The molecule has 2 amide bonds. The summed E-state index contributed by atoms with van der Waals surface area (Å²) in [7, 11) is 0. The van der Waals surface area contributed by atoms with Gasteiger partial charge in [-0.05, 0) is 56.0 Å². The number of rotatable bonds is 8. The molecule has 3 aromatic rings. The lowest BCUT2D eigenvalue weighted by Crippen LogP contribution is -2.34. The molecular formula is C24H28N4O3. The van der Waals surface area contributed by atoms with Gasteiger partial charge in [-0.25, -0.2) is 4.98 Å². The van der Waals surface area contributed by atoms with E-state index in [0.29, 0.717) is 19.6 Å². The maximum atomic E-state index is 12.7. The predicted molar refractivity (Wildman–Crippen MR) is 120 cm³/mol. The third-order valence-electron chi connectivity index (χ3n) is 5.44. The molecule has 1 saturated heterocycles.